The van der Waals surface area contributed by atoms with Gasteiger partial charge < -0.3 is 15.0 Å². The smallest absolute Gasteiger partial charge is 0.0468 e. The van der Waals surface area contributed by atoms with Crippen molar-refractivity contribution in [1.82, 2.24) is 10.2 Å². The molecule has 0 unspecified atom stereocenters. The number of ether oxygens (including phenoxy) is 1. The van der Waals surface area contributed by atoms with Crippen LogP contribution in [0.5, 0.6) is 0 Å². The number of piperidine rings is 1. The van der Waals surface area contributed by atoms with Gasteiger partial charge in [0.2, 0.25) is 0 Å². The van der Waals surface area contributed by atoms with Crippen molar-refractivity contribution < 1.29 is 4.74 Å². The molecule has 16 heavy (non-hydrogen) atoms. The van der Waals surface area contributed by atoms with Crippen molar-refractivity contribution in [3.05, 3.63) is 0 Å². The highest BCUT2D eigenvalue weighted by Crippen LogP contribution is 2.49. The van der Waals surface area contributed by atoms with E-state index >= 15 is 0 Å². The zero-order valence-corrected chi connectivity index (χ0v) is 10.8. The summed E-state index contributed by atoms with van der Waals surface area (Å²) in [6.07, 6.45) is 6.73. The topological polar surface area (TPSA) is 24.5 Å². The summed E-state index contributed by atoms with van der Waals surface area (Å²) in [5, 5.41) is 3.39. The molecule has 0 radical (unpaired) electrons. The van der Waals surface area contributed by atoms with E-state index in [9.17, 15) is 0 Å². The Kier molecular flexibility index (Phi) is 4.22. The molecule has 94 valence electrons. The molecule has 0 amide bonds. The maximum absolute atomic E-state index is 5.21. The van der Waals surface area contributed by atoms with Gasteiger partial charge in [0.05, 0.1) is 0 Å². The van der Waals surface area contributed by atoms with E-state index in [1.54, 1.807) is 0 Å². The van der Waals surface area contributed by atoms with Crippen LogP contribution in [0.4, 0.5) is 0 Å². The number of methoxy groups -OCH3 is 1. The molecule has 0 aromatic rings. The maximum atomic E-state index is 5.21. The van der Waals surface area contributed by atoms with Crippen LogP contribution in [0.3, 0.4) is 0 Å². The van der Waals surface area contributed by atoms with E-state index in [0.29, 0.717) is 5.41 Å². The van der Waals surface area contributed by atoms with Crippen molar-refractivity contribution in [2.24, 2.45) is 5.41 Å². The van der Waals surface area contributed by atoms with Crippen LogP contribution in [0, 0.1) is 5.41 Å². The van der Waals surface area contributed by atoms with Crippen LogP contribution in [0.25, 0.3) is 0 Å². The Labute approximate surface area is 99.5 Å². The predicted octanol–water partition coefficient (Wildman–Crippen LogP) is 1.49. The van der Waals surface area contributed by atoms with Crippen LogP contribution in [0.2, 0.25) is 0 Å². The van der Waals surface area contributed by atoms with Gasteiger partial charge in [0.1, 0.15) is 0 Å². The van der Waals surface area contributed by atoms with Crippen molar-refractivity contribution in [2.75, 3.05) is 40.4 Å². The van der Waals surface area contributed by atoms with Crippen LogP contribution < -0.4 is 5.32 Å². The fraction of sp³-hybridized carbons (Fsp3) is 1.00. The second-order valence-corrected chi connectivity index (χ2v) is 5.58. The number of rotatable bonds is 6. The van der Waals surface area contributed by atoms with E-state index in [4.69, 9.17) is 4.74 Å². The quantitative estimate of drug-likeness (QED) is 0.742. The zero-order chi connectivity index (χ0) is 11.4. The molecule has 3 nitrogen and oxygen atoms in total. The third-order valence-corrected chi connectivity index (χ3v) is 4.35. The monoisotopic (exact) mass is 226 g/mol. The van der Waals surface area contributed by atoms with Crippen molar-refractivity contribution in [3.63, 3.8) is 0 Å². The van der Waals surface area contributed by atoms with Gasteiger partial charge in [0, 0.05) is 26.3 Å². The summed E-state index contributed by atoms with van der Waals surface area (Å²) in [6, 6.07) is 0.755. The summed E-state index contributed by atoms with van der Waals surface area (Å²) in [7, 11) is 3.90. The van der Waals surface area contributed by atoms with E-state index in [-0.39, 0.29) is 0 Å². The van der Waals surface area contributed by atoms with Gasteiger partial charge in [0.15, 0.2) is 0 Å². The predicted molar refractivity (Wildman–Crippen MR) is 66.7 cm³/mol. The summed E-state index contributed by atoms with van der Waals surface area (Å²) in [4.78, 5) is 2.66. The van der Waals surface area contributed by atoms with Crippen molar-refractivity contribution in [2.45, 2.75) is 38.1 Å². The molecule has 0 bridgehead atoms. The summed E-state index contributed by atoms with van der Waals surface area (Å²) in [5.41, 5.74) is 0.627. The van der Waals surface area contributed by atoms with Crippen LogP contribution in [0.1, 0.15) is 32.1 Å². The fourth-order valence-electron chi connectivity index (χ4n) is 2.84. The molecule has 3 heteroatoms. The Hall–Kier alpha value is -0.120. The van der Waals surface area contributed by atoms with Gasteiger partial charge in [-0.3, -0.25) is 0 Å². The van der Waals surface area contributed by atoms with E-state index in [2.05, 4.69) is 17.3 Å². The molecule has 1 saturated carbocycles. The lowest BCUT2D eigenvalue weighted by atomic mass is 9.99. The van der Waals surface area contributed by atoms with Crippen molar-refractivity contribution in [3.8, 4) is 0 Å². The lowest BCUT2D eigenvalue weighted by Gasteiger charge is -2.34. The van der Waals surface area contributed by atoms with Crippen LogP contribution in [0.15, 0.2) is 0 Å². The van der Waals surface area contributed by atoms with Gasteiger partial charge in [-0.2, -0.15) is 0 Å². The minimum atomic E-state index is 0.627. The van der Waals surface area contributed by atoms with Gasteiger partial charge >= 0.3 is 0 Å². The van der Waals surface area contributed by atoms with Crippen LogP contribution >= 0.6 is 0 Å². The Morgan fingerprint density at radius 2 is 2.00 bits per heavy atom. The molecule has 0 atom stereocenters. The third kappa shape index (κ3) is 3.19. The normalized spacial score (nSPS) is 25.9. The second kappa shape index (κ2) is 5.48. The number of likely N-dealkylation sites (tertiary alicyclic amines) is 1. The van der Waals surface area contributed by atoms with Crippen LogP contribution in [-0.4, -0.2) is 51.3 Å². The molecule has 1 aliphatic heterocycles. The third-order valence-electron chi connectivity index (χ3n) is 4.35. The van der Waals surface area contributed by atoms with Gasteiger partial charge in [0.25, 0.3) is 0 Å². The highest BCUT2D eigenvalue weighted by atomic mass is 16.5. The Morgan fingerprint density at radius 1 is 1.31 bits per heavy atom. The molecule has 0 spiro atoms. The second-order valence-electron chi connectivity index (χ2n) is 5.58. The fourth-order valence-corrected chi connectivity index (χ4v) is 2.84. The molecule has 1 heterocycles. The van der Waals surface area contributed by atoms with Gasteiger partial charge in [-0.1, -0.05) is 0 Å². The maximum Gasteiger partial charge on any atom is 0.0468 e. The first-order valence-electron chi connectivity index (χ1n) is 6.66. The minimum absolute atomic E-state index is 0.627. The van der Waals surface area contributed by atoms with Crippen molar-refractivity contribution >= 4 is 0 Å². The Bertz CT molecular complexity index is 208. The molecule has 2 rings (SSSR count). The van der Waals surface area contributed by atoms with Gasteiger partial charge in [-0.25, -0.2) is 0 Å². The zero-order valence-electron chi connectivity index (χ0n) is 10.8. The van der Waals surface area contributed by atoms with Gasteiger partial charge in [-0.15, -0.1) is 0 Å². The van der Waals surface area contributed by atoms with Crippen molar-refractivity contribution in [1.29, 1.82) is 0 Å². The van der Waals surface area contributed by atoms with Crippen LogP contribution in [-0.2, 0) is 4.74 Å². The minimum Gasteiger partial charge on any atom is -0.385 e. The van der Waals surface area contributed by atoms with E-state index in [0.717, 1.165) is 12.6 Å². The molecule has 2 aliphatic rings. The summed E-state index contributed by atoms with van der Waals surface area (Å²) in [5.74, 6) is 0. The van der Waals surface area contributed by atoms with Gasteiger partial charge in [-0.05, 0) is 57.7 Å². The SMILES string of the molecule is CNC1CCN(CC2(CCOC)CC2)CC1. The summed E-state index contributed by atoms with van der Waals surface area (Å²) >= 11 is 0. The number of nitrogens with one attached hydrogen (secondary N) is 1. The average Bonchev–Trinajstić information content (AvgIpc) is 3.08. The molecule has 0 aromatic carbocycles. The van der Waals surface area contributed by atoms with E-state index < -0.39 is 0 Å². The first-order chi connectivity index (χ1) is 7.78. The van der Waals surface area contributed by atoms with E-state index in [1.165, 1.54) is 51.7 Å². The molecule has 0 aromatic heterocycles. The highest BCUT2D eigenvalue weighted by Gasteiger charge is 2.43. The number of nitrogens with zero attached hydrogens (tertiary/aromatic N) is 1. The average molecular weight is 226 g/mol. The largest absolute Gasteiger partial charge is 0.385 e. The highest BCUT2D eigenvalue weighted by molar-refractivity contribution is 4.96. The lowest BCUT2D eigenvalue weighted by molar-refractivity contribution is 0.130. The molecule has 1 N–H and O–H groups in total. The summed E-state index contributed by atoms with van der Waals surface area (Å²) < 4.78 is 5.21. The standard InChI is InChI=1S/C13H26N2O/c1-14-12-3-8-15(9-4-12)11-13(5-6-13)7-10-16-2/h12,14H,3-11H2,1-2H3. The first kappa shape index (κ1) is 12.3. The Balaban J connectivity index is 1.70. The molecular formula is C13H26N2O. The summed E-state index contributed by atoms with van der Waals surface area (Å²) in [6.45, 7) is 4.81. The lowest BCUT2D eigenvalue weighted by Crippen LogP contribution is -2.43. The molecule has 1 saturated heterocycles. The molecular weight excluding hydrogens is 200 g/mol. The first-order valence-corrected chi connectivity index (χ1v) is 6.66. The molecule has 2 fully saturated rings. The Morgan fingerprint density at radius 3 is 2.50 bits per heavy atom. The number of hydrogen-bond donors (Lipinski definition) is 1. The molecule has 1 aliphatic carbocycles. The number of hydrogen-bond acceptors (Lipinski definition) is 3. The van der Waals surface area contributed by atoms with E-state index in [1.807, 2.05) is 7.11 Å².